The Bertz CT molecular complexity index is 1700. The summed E-state index contributed by atoms with van der Waals surface area (Å²) >= 11 is 1.01. The molecule has 0 fully saturated rings. The van der Waals surface area contributed by atoms with Crippen LogP contribution < -0.4 is 58.3 Å². The summed E-state index contributed by atoms with van der Waals surface area (Å²) in [5.41, 5.74) is 1.92. The minimum atomic E-state index is -1.51. The molecule has 10 nitrogen and oxygen atoms in total. The summed E-state index contributed by atoms with van der Waals surface area (Å²) in [5, 5.41) is 12.8. The number of carbonyl (C=O) groups excluding carboxylic acids is 2. The van der Waals surface area contributed by atoms with Crippen molar-refractivity contribution in [2.24, 2.45) is 0 Å². The van der Waals surface area contributed by atoms with Crippen molar-refractivity contribution in [3.8, 4) is 28.7 Å². The molecule has 5 rings (SSSR count). The van der Waals surface area contributed by atoms with Crippen molar-refractivity contribution in [2.45, 2.75) is 46.3 Å². The molecule has 0 unspecified atom stereocenters. The summed E-state index contributed by atoms with van der Waals surface area (Å²) in [7, 11) is 1.50. The molecule has 0 aliphatic carbocycles. The van der Waals surface area contributed by atoms with Crippen LogP contribution in [-0.2, 0) is 11.2 Å². The van der Waals surface area contributed by atoms with Crippen molar-refractivity contribution < 1.29 is 67.9 Å². The summed E-state index contributed by atoms with van der Waals surface area (Å²) in [4.78, 5) is 26.9. The van der Waals surface area contributed by atoms with E-state index in [1.165, 1.54) is 7.11 Å². The Hall–Kier alpha value is -3.64. The summed E-state index contributed by atoms with van der Waals surface area (Å²) in [6.45, 7) is 7.57. The van der Waals surface area contributed by atoms with Crippen LogP contribution in [0.4, 0.5) is 0 Å². The van der Waals surface area contributed by atoms with E-state index < -0.39 is 11.8 Å². The number of carbonyl (C=O) groups is 2. The maximum Gasteiger partial charge on any atom is 1.00 e. The van der Waals surface area contributed by atoms with Gasteiger partial charge in [-0.3, -0.25) is 4.79 Å². The Morgan fingerprint density at radius 2 is 1.56 bits per heavy atom. The molecule has 0 saturated carbocycles. The number of methoxy groups -OCH3 is 1. The molecule has 0 radical (unpaired) electrons. The molecule has 43 heavy (non-hydrogen) atoms. The number of Topliss-reactive ketones (excluding diaryl/α,β-unsaturated/α-hetero) is 1. The second-order valence-corrected chi connectivity index (χ2v) is 10.7. The number of ether oxygens (including phenoxy) is 5. The van der Waals surface area contributed by atoms with E-state index in [2.05, 4.69) is 8.75 Å². The second-order valence-electron chi connectivity index (χ2n) is 10.1. The quantitative estimate of drug-likeness (QED) is 0.140. The maximum absolute atomic E-state index is 14.2. The third-order valence-corrected chi connectivity index (χ3v) is 6.91. The Balaban J connectivity index is 0.00000423. The van der Waals surface area contributed by atoms with Gasteiger partial charge in [0.2, 0.25) is 12.5 Å². The van der Waals surface area contributed by atoms with Gasteiger partial charge in [0.25, 0.3) is 0 Å². The summed E-state index contributed by atoms with van der Waals surface area (Å²) in [5.74, 6) is 0.0851. The van der Waals surface area contributed by atoms with Crippen molar-refractivity contribution in [1.29, 1.82) is 0 Å². The normalized spacial score (nSPS) is 12.6. The number of aliphatic carboxylic acids is 1. The zero-order valence-electron chi connectivity index (χ0n) is 24.8. The predicted molar refractivity (Wildman–Crippen MR) is 154 cm³/mol. The number of nitrogens with zero attached hydrogens (tertiary/aromatic N) is 2. The van der Waals surface area contributed by atoms with E-state index in [1.54, 1.807) is 48.5 Å². The summed E-state index contributed by atoms with van der Waals surface area (Å²) in [6, 6.07) is 13.0. The third kappa shape index (κ3) is 7.13. The van der Waals surface area contributed by atoms with Gasteiger partial charge in [0.15, 0.2) is 28.8 Å². The molecule has 1 aliphatic rings. The van der Waals surface area contributed by atoms with Gasteiger partial charge in [-0.25, -0.2) is 0 Å². The fraction of sp³-hybridized carbons (Fsp3) is 0.290. The number of allylic oxidation sites excluding steroid dienone is 1. The maximum atomic E-state index is 14.2. The first-order valence-electron chi connectivity index (χ1n) is 13.3. The number of rotatable bonds is 11. The fourth-order valence-electron chi connectivity index (χ4n) is 4.63. The van der Waals surface area contributed by atoms with Crippen LogP contribution in [0.3, 0.4) is 0 Å². The minimum absolute atomic E-state index is 0. The first-order chi connectivity index (χ1) is 20.1. The van der Waals surface area contributed by atoms with Gasteiger partial charge >= 0.3 is 29.6 Å². The molecular formula is C31H29N2NaO8S. The summed E-state index contributed by atoms with van der Waals surface area (Å²) < 4.78 is 37.0. The molecule has 0 saturated heterocycles. The van der Waals surface area contributed by atoms with Gasteiger partial charge < -0.3 is 33.6 Å². The smallest absolute Gasteiger partial charge is 0.545 e. The number of benzene rings is 3. The van der Waals surface area contributed by atoms with Crippen molar-refractivity contribution in [3.05, 3.63) is 70.8 Å². The third-order valence-electron chi connectivity index (χ3n) is 6.35. The number of ketones is 1. The van der Waals surface area contributed by atoms with Crippen LogP contribution >= 0.6 is 11.7 Å². The zero-order valence-corrected chi connectivity index (χ0v) is 27.6. The first kappa shape index (κ1) is 32.3. The van der Waals surface area contributed by atoms with Crippen molar-refractivity contribution in [2.75, 3.05) is 13.9 Å². The van der Waals surface area contributed by atoms with E-state index in [0.717, 1.165) is 11.7 Å². The van der Waals surface area contributed by atoms with Gasteiger partial charge in [0.1, 0.15) is 11.0 Å². The van der Waals surface area contributed by atoms with Gasteiger partial charge in [-0.1, -0.05) is 6.07 Å². The largest absolute Gasteiger partial charge is 1.00 e. The van der Waals surface area contributed by atoms with Crippen LogP contribution in [0.2, 0.25) is 0 Å². The van der Waals surface area contributed by atoms with Gasteiger partial charge in [-0.2, -0.15) is 8.75 Å². The van der Waals surface area contributed by atoms with E-state index in [4.69, 9.17) is 23.7 Å². The zero-order chi connectivity index (χ0) is 30.0. The molecule has 2 heterocycles. The average molecular weight is 613 g/mol. The molecule has 12 heteroatoms. The number of hydrogen-bond donors (Lipinski definition) is 0. The molecule has 0 bridgehead atoms. The van der Waals surface area contributed by atoms with Gasteiger partial charge in [-0.15, -0.1) is 0 Å². The Kier molecular flexibility index (Phi) is 10.3. The number of aromatic nitrogens is 2. The molecule has 0 atom stereocenters. The monoisotopic (exact) mass is 612 g/mol. The van der Waals surface area contributed by atoms with Crippen molar-refractivity contribution in [3.63, 3.8) is 0 Å². The van der Waals surface area contributed by atoms with Crippen molar-refractivity contribution >= 4 is 40.1 Å². The molecule has 0 spiro atoms. The van der Waals surface area contributed by atoms with Crippen LogP contribution in [0.15, 0.2) is 54.1 Å². The number of hydrogen-bond acceptors (Lipinski definition) is 11. The van der Waals surface area contributed by atoms with Crippen LogP contribution in [0.1, 0.15) is 49.2 Å². The molecule has 0 N–H and O–H groups in total. The topological polar surface area (TPSA) is 129 Å². The first-order valence-corrected chi connectivity index (χ1v) is 14.0. The Morgan fingerprint density at radius 1 is 0.884 bits per heavy atom. The van der Waals surface area contributed by atoms with E-state index in [1.807, 2.05) is 27.7 Å². The van der Waals surface area contributed by atoms with Gasteiger partial charge in [-0.05, 0) is 81.3 Å². The Morgan fingerprint density at radius 3 is 2.26 bits per heavy atom. The Labute approximate surface area is 275 Å². The molecule has 1 aromatic heterocycles. The molecule has 4 aromatic rings. The number of carboxylic acid groups (broad SMARTS) is 1. The van der Waals surface area contributed by atoms with Gasteiger partial charge in [0, 0.05) is 23.1 Å². The molecule has 218 valence electrons. The molecule has 1 aliphatic heterocycles. The molecular weight excluding hydrogens is 583 g/mol. The molecule has 0 amide bonds. The SMILES string of the molecule is COc1cc(C/C(C(=O)c2ccc3c(c2)OCO3)=C(\C(=O)[O-])c2ccc3nsnc3c2)cc(OC(C)C)c1OC(C)C.[Na+]. The minimum Gasteiger partial charge on any atom is -0.545 e. The van der Waals surface area contributed by atoms with Gasteiger partial charge in [0.05, 0.1) is 37.0 Å². The standard InChI is InChI=1S/C31H30N2O8S.Na/c1-16(2)40-27-12-18(11-26(37-5)30(27)41-17(3)4)10-21(29(34)20-7-9-24-25(14-20)39-15-38-24)28(31(35)36)19-6-8-22-23(13-19)33-42-32-22;/h6-9,11-14,16-17H,10,15H2,1-5H3,(H,35,36);/q;+1/p-1/b28-21+;. The van der Waals surface area contributed by atoms with E-state index in [0.29, 0.717) is 45.3 Å². The predicted octanol–water partition coefficient (Wildman–Crippen LogP) is 1.64. The van der Waals surface area contributed by atoms with E-state index in [9.17, 15) is 14.7 Å². The van der Waals surface area contributed by atoms with E-state index in [-0.39, 0.29) is 77.3 Å². The van der Waals surface area contributed by atoms with Crippen LogP contribution in [0.5, 0.6) is 28.7 Å². The second kappa shape index (κ2) is 13.8. The number of fused-ring (bicyclic) bond motifs is 2. The summed E-state index contributed by atoms with van der Waals surface area (Å²) in [6.07, 6.45) is -0.444. The fourth-order valence-corrected chi connectivity index (χ4v) is 5.15. The van der Waals surface area contributed by atoms with Crippen LogP contribution in [0.25, 0.3) is 16.6 Å². The van der Waals surface area contributed by atoms with Crippen molar-refractivity contribution in [1.82, 2.24) is 8.75 Å². The number of carboxylic acids is 1. The average Bonchev–Trinajstić information content (AvgIpc) is 3.61. The van der Waals surface area contributed by atoms with Crippen LogP contribution in [-0.4, -0.2) is 46.6 Å². The van der Waals surface area contributed by atoms with E-state index >= 15 is 0 Å². The van der Waals surface area contributed by atoms with Crippen LogP contribution in [0, 0.1) is 0 Å². The molecule has 3 aromatic carbocycles.